The molecule has 0 spiro atoms. The summed E-state index contributed by atoms with van der Waals surface area (Å²) in [5, 5.41) is 24.3. The number of ketones is 2. The predicted molar refractivity (Wildman–Crippen MR) is 197 cm³/mol. The number of fused-ring (bicyclic) bond motifs is 2. The number of Topliss-reactive ketones (excluding diaryl/α,β-unsaturated/α-hetero) is 2. The van der Waals surface area contributed by atoms with Crippen LogP contribution in [0.4, 0.5) is 0 Å². The van der Waals surface area contributed by atoms with Crippen molar-refractivity contribution in [2.45, 2.75) is 105 Å². The second kappa shape index (κ2) is 16.8. The van der Waals surface area contributed by atoms with Crippen molar-refractivity contribution in [2.24, 2.45) is 35.5 Å². The van der Waals surface area contributed by atoms with Gasteiger partial charge in [0.2, 0.25) is 0 Å². The first-order valence-electron chi connectivity index (χ1n) is 19.7. The number of carbonyl (C=O) groups excluding carboxylic acids is 2. The number of aryl methyl sites for hydroxylation is 6. The molecule has 6 atom stereocenters. The van der Waals surface area contributed by atoms with Crippen LogP contribution in [-0.2, 0) is 54.2 Å². The van der Waals surface area contributed by atoms with E-state index in [4.69, 9.17) is 18.9 Å². The number of carbonyl (C=O) groups is 2. The number of aliphatic hydroxyl groups is 1. The third-order valence-electron chi connectivity index (χ3n) is 12.5. The zero-order valence-electron chi connectivity index (χ0n) is 32.7. The molecule has 0 aromatic heterocycles. The second-order valence-electron chi connectivity index (χ2n) is 15.7. The molecule has 0 radical (unpaired) electrons. The minimum absolute atomic E-state index is 0. The van der Waals surface area contributed by atoms with Crippen LogP contribution in [0.15, 0.2) is 35.8 Å². The SMILES string of the molecule is CCc1cc(C)cc(CC)c1C1=C(O)C2CC(C3OCCO3)CC2C1=O.CCc1cc(C)cc(CC)c1C1=C([O-])C2CC(C3OCCO3)CC2C1=O.[Na+]. The average Bonchev–Trinajstić information content (AvgIpc) is 4.00. The largest absolute Gasteiger partial charge is 1.00 e. The molecule has 4 aliphatic carbocycles. The first kappa shape index (κ1) is 40.4. The summed E-state index contributed by atoms with van der Waals surface area (Å²) in [5.41, 5.74) is 9.94. The Balaban J connectivity index is 0.000000178. The summed E-state index contributed by atoms with van der Waals surface area (Å²) >= 11 is 0. The van der Waals surface area contributed by atoms with Crippen molar-refractivity contribution in [3.63, 3.8) is 0 Å². The zero-order valence-corrected chi connectivity index (χ0v) is 34.7. The third-order valence-corrected chi connectivity index (χ3v) is 12.5. The van der Waals surface area contributed by atoms with Gasteiger partial charge in [-0.25, -0.2) is 0 Å². The van der Waals surface area contributed by atoms with Gasteiger partial charge in [-0.3, -0.25) is 9.59 Å². The minimum Gasteiger partial charge on any atom is -0.875 e. The van der Waals surface area contributed by atoms with Crippen LogP contribution in [0.1, 0.15) is 97.9 Å². The molecule has 2 aromatic rings. The van der Waals surface area contributed by atoms with Crippen molar-refractivity contribution in [3.8, 4) is 0 Å². The predicted octanol–water partition coefficient (Wildman–Crippen LogP) is 3.78. The maximum absolute atomic E-state index is 13.3. The van der Waals surface area contributed by atoms with E-state index in [1.807, 2.05) is 0 Å². The standard InChI is InChI=1S/2C22H28O4.Na/c2*1-4-13-8-12(3)9-14(5-2)18(13)19-20(23)16-10-15(11-17(16)21(19)24)22-25-6-7-26-22;/h2*8-9,15-17,22-23H,4-7,10-11H2,1-3H3;/q;;+1/p-1. The fraction of sp³-hybridized carbons (Fsp3) is 0.591. The van der Waals surface area contributed by atoms with Gasteiger partial charge in [0.05, 0.1) is 32.0 Å². The van der Waals surface area contributed by atoms with Crippen molar-refractivity contribution in [1.82, 2.24) is 0 Å². The van der Waals surface area contributed by atoms with E-state index in [-0.39, 0.29) is 95.0 Å². The van der Waals surface area contributed by atoms with E-state index < -0.39 is 0 Å². The number of aliphatic hydroxyl groups excluding tert-OH is 1. The van der Waals surface area contributed by atoms with E-state index in [1.54, 1.807) is 0 Å². The summed E-state index contributed by atoms with van der Waals surface area (Å²) in [4.78, 5) is 26.5. The summed E-state index contributed by atoms with van der Waals surface area (Å²) < 4.78 is 22.5. The van der Waals surface area contributed by atoms with E-state index in [1.165, 1.54) is 11.1 Å². The van der Waals surface area contributed by atoms with Crippen LogP contribution in [0, 0.1) is 49.4 Å². The molecule has 2 saturated carbocycles. The summed E-state index contributed by atoms with van der Waals surface area (Å²) in [7, 11) is 0. The average molecular weight is 735 g/mol. The molecule has 2 saturated heterocycles. The molecule has 2 aromatic carbocycles. The Bertz CT molecular complexity index is 1600. The molecule has 6 aliphatic rings. The molecule has 8 nitrogen and oxygen atoms in total. The maximum Gasteiger partial charge on any atom is 1.00 e. The van der Waals surface area contributed by atoms with Gasteiger partial charge in [-0.2, -0.15) is 0 Å². The first-order chi connectivity index (χ1) is 25.1. The van der Waals surface area contributed by atoms with Crippen LogP contribution >= 0.6 is 0 Å². The molecule has 4 fully saturated rings. The Kier molecular flexibility index (Phi) is 12.8. The molecule has 280 valence electrons. The number of rotatable bonds is 8. The van der Waals surface area contributed by atoms with Crippen molar-refractivity contribution >= 4 is 22.7 Å². The fourth-order valence-electron chi connectivity index (χ4n) is 10.2. The number of allylic oxidation sites excluding steroid dienone is 4. The van der Waals surface area contributed by atoms with Crippen molar-refractivity contribution in [2.75, 3.05) is 26.4 Å². The van der Waals surface area contributed by atoms with Gasteiger partial charge in [-0.1, -0.05) is 63.1 Å². The maximum atomic E-state index is 13.3. The Hall–Kier alpha value is -2.30. The van der Waals surface area contributed by atoms with Crippen LogP contribution < -0.4 is 34.7 Å². The summed E-state index contributed by atoms with van der Waals surface area (Å²) in [6.45, 7) is 15.0. The van der Waals surface area contributed by atoms with Crippen LogP contribution in [0.5, 0.6) is 0 Å². The Morgan fingerprint density at radius 2 is 0.925 bits per heavy atom. The van der Waals surface area contributed by atoms with Gasteiger partial charge in [0.15, 0.2) is 24.1 Å². The summed E-state index contributed by atoms with van der Waals surface area (Å²) in [6.07, 6.45) is 5.86. The normalized spacial score (nSPS) is 28.5. The zero-order chi connectivity index (χ0) is 36.8. The van der Waals surface area contributed by atoms with Crippen molar-refractivity contribution < 1.29 is 68.3 Å². The molecule has 2 aliphatic heterocycles. The molecular formula is C44H55NaO8. The molecule has 1 N–H and O–H groups in total. The van der Waals surface area contributed by atoms with Crippen molar-refractivity contribution in [1.29, 1.82) is 0 Å². The van der Waals surface area contributed by atoms with Gasteiger partial charge in [0, 0.05) is 35.2 Å². The molecule has 53 heavy (non-hydrogen) atoms. The van der Waals surface area contributed by atoms with E-state index in [0.717, 1.165) is 71.9 Å². The van der Waals surface area contributed by atoms with E-state index >= 15 is 0 Å². The van der Waals surface area contributed by atoms with Crippen LogP contribution in [0.25, 0.3) is 11.1 Å². The van der Waals surface area contributed by atoms with Gasteiger partial charge in [0.25, 0.3) is 0 Å². The van der Waals surface area contributed by atoms with Gasteiger partial charge in [-0.05, 0) is 105 Å². The molecule has 8 rings (SSSR count). The molecular weight excluding hydrogens is 679 g/mol. The number of benzene rings is 2. The minimum atomic E-state index is -0.235. The number of ether oxygens (including phenoxy) is 4. The van der Waals surface area contributed by atoms with Crippen LogP contribution in [0.2, 0.25) is 0 Å². The summed E-state index contributed by atoms with van der Waals surface area (Å²) in [6, 6.07) is 8.55. The van der Waals surface area contributed by atoms with Gasteiger partial charge < -0.3 is 29.2 Å². The Labute approximate surface area is 337 Å². The molecule has 0 bridgehead atoms. The van der Waals surface area contributed by atoms with E-state index in [9.17, 15) is 19.8 Å². The van der Waals surface area contributed by atoms with Gasteiger partial charge >= 0.3 is 29.6 Å². The number of hydrogen-bond acceptors (Lipinski definition) is 8. The second-order valence-corrected chi connectivity index (χ2v) is 15.7. The molecule has 2 heterocycles. The van der Waals surface area contributed by atoms with Crippen molar-refractivity contribution in [3.05, 3.63) is 80.3 Å². The number of hydrogen-bond donors (Lipinski definition) is 1. The smallest absolute Gasteiger partial charge is 0.875 e. The van der Waals surface area contributed by atoms with E-state index in [0.29, 0.717) is 56.2 Å². The van der Waals surface area contributed by atoms with Gasteiger partial charge in [-0.15, -0.1) is 5.76 Å². The summed E-state index contributed by atoms with van der Waals surface area (Å²) in [5.74, 6) is 0.296. The molecule has 0 amide bonds. The quantitative estimate of drug-likeness (QED) is 0.408. The molecule has 6 unspecified atom stereocenters. The van der Waals surface area contributed by atoms with Crippen LogP contribution in [-0.4, -0.2) is 55.7 Å². The Morgan fingerprint density at radius 3 is 1.30 bits per heavy atom. The Morgan fingerprint density at radius 1 is 0.585 bits per heavy atom. The fourth-order valence-corrected chi connectivity index (χ4v) is 10.2. The third kappa shape index (κ3) is 7.39. The first-order valence-corrected chi connectivity index (χ1v) is 19.7. The van der Waals surface area contributed by atoms with E-state index in [2.05, 4.69) is 65.8 Å². The topological polar surface area (TPSA) is 114 Å². The molecule has 9 heteroatoms. The van der Waals surface area contributed by atoms with Crippen LogP contribution in [0.3, 0.4) is 0 Å². The monoisotopic (exact) mass is 734 g/mol. The van der Waals surface area contributed by atoms with Gasteiger partial charge in [0.1, 0.15) is 5.76 Å².